The van der Waals surface area contributed by atoms with Crippen molar-refractivity contribution in [3.8, 4) is 0 Å². The first-order valence-electron chi connectivity index (χ1n) is 13.8. The highest BCUT2D eigenvalue weighted by Crippen LogP contribution is 2.52. The number of amides is 1. The molecule has 1 aliphatic heterocycles. The first-order valence-corrected chi connectivity index (χ1v) is 17.9. The maximum absolute atomic E-state index is 14.7. The average Bonchev–Trinajstić information content (AvgIpc) is 3.78. The van der Waals surface area contributed by atoms with E-state index in [1.165, 1.54) is 11.4 Å². The van der Waals surface area contributed by atoms with Crippen molar-refractivity contribution in [3.63, 3.8) is 0 Å². The van der Waals surface area contributed by atoms with Crippen LogP contribution in [0.15, 0.2) is 48.5 Å². The van der Waals surface area contributed by atoms with E-state index in [1.807, 2.05) is 25.1 Å². The number of sulfonamides is 1. The average molecular weight is 660 g/mol. The van der Waals surface area contributed by atoms with Crippen molar-refractivity contribution in [2.45, 2.75) is 62.3 Å². The summed E-state index contributed by atoms with van der Waals surface area (Å²) in [6.45, 7) is 1.36. The summed E-state index contributed by atoms with van der Waals surface area (Å²) < 4.78 is 57.0. The van der Waals surface area contributed by atoms with Crippen molar-refractivity contribution in [2.75, 3.05) is 26.5 Å². The summed E-state index contributed by atoms with van der Waals surface area (Å²) in [6, 6.07) is 13.1. The lowest BCUT2D eigenvalue weighted by molar-refractivity contribution is -0.160. The zero-order valence-corrected chi connectivity index (χ0v) is 26.9. The van der Waals surface area contributed by atoms with Crippen LogP contribution in [-0.4, -0.2) is 76.0 Å². The van der Waals surface area contributed by atoms with Crippen molar-refractivity contribution in [3.05, 3.63) is 69.7 Å². The molecule has 0 unspecified atom stereocenters. The Balaban J connectivity index is 1.91. The summed E-state index contributed by atoms with van der Waals surface area (Å²) in [5, 5.41) is 0.549. The summed E-state index contributed by atoms with van der Waals surface area (Å²) in [6.07, 6.45) is 2.90. The molecule has 1 aliphatic carbocycles. The molecule has 2 aliphatic rings. The van der Waals surface area contributed by atoms with Gasteiger partial charge in [-0.05, 0) is 61.1 Å². The molecule has 0 spiro atoms. The molecule has 1 saturated heterocycles. The molecule has 2 aromatic carbocycles. The van der Waals surface area contributed by atoms with Gasteiger partial charge in [0.1, 0.15) is 6.29 Å². The highest BCUT2D eigenvalue weighted by molar-refractivity contribution is 7.90. The Morgan fingerprint density at radius 3 is 2.29 bits per heavy atom. The van der Waals surface area contributed by atoms with Gasteiger partial charge in [-0.3, -0.25) is 8.98 Å². The van der Waals surface area contributed by atoms with E-state index in [4.69, 9.17) is 27.4 Å². The highest BCUT2D eigenvalue weighted by atomic mass is 35.5. The number of hydrogen-bond donors (Lipinski definition) is 0. The molecule has 1 heterocycles. The molecule has 2 fully saturated rings. The van der Waals surface area contributed by atoms with E-state index < -0.39 is 61.3 Å². The van der Waals surface area contributed by atoms with Crippen LogP contribution in [0.4, 0.5) is 0 Å². The first-order chi connectivity index (χ1) is 19.7. The molecular formula is C29H36Cl2N2O7S2. The number of halogens is 2. The second-order valence-electron chi connectivity index (χ2n) is 11.3. The van der Waals surface area contributed by atoms with E-state index in [1.54, 1.807) is 35.2 Å². The lowest BCUT2D eigenvalue weighted by atomic mass is 9.66. The fourth-order valence-electron chi connectivity index (χ4n) is 5.86. The van der Waals surface area contributed by atoms with E-state index in [0.717, 1.165) is 17.4 Å². The predicted octanol–water partition coefficient (Wildman–Crippen LogP) is 4.80. The molecular weight excluding hydrogens is 623 g/mol. The van der Waals surface area contributed by atoms with Crippen LogP contribution in [0.5, 0.6) is 0 Å². The van der Waals surface area contributed by atoms with Gasteiger partial charge in [0.15, 0.2) is 0 Å². The van der Waals surface area contributed by atoms with Gasteiger partial charge in [0.2, 0.25) is 15.9 Å². The molecule has 1 amide bonds. The van der Waals surface area contributed by atoms with Gasteiger partial charge in [0.05, 0.1) is 29.6 Å². The van der Waals surface area contributed by atoms with Crippen molar-refractivity contribution in [1.82, 2.24) is 9.21 Å². The predicted molar refractivity (Wildman–Crippen MR) is 162 cm³/mol. The number of likely N-dealkylation sites (N-methyl/N-ethyl adjacent to an activating group) is 1. The van der Waals surface area contributed by atoms with Crippen molar-refractivity contribution >= 4 is 55.5 Å². The van der Waals surface area contributed by atoms with Gasteiger partial charge in [-0.15, -0.1) is 0 Å². The second-order valence-corrected chi connectivity index (χ2v) is 16.1. The van der Waals surface area contributed by atoms with Gasteiger partial charge >= 0.3 is 0 Å². The number of rotatable bonds is 13. The summed E-state index contributed by atoms with van der Waals surface area (Å²) >= 11 is 12.6. The smallest absolute Gasteiger partial charge is 0.264 e. The Labute approximate surface area is 258 Å². The third-order valence-electron chi connectivity index (χ3n) is 8.20. The van der Waals surface area contributed by atoms with E-state index in [0.29, 0.717) is 35.6 Å². The number of aldehydes is 1. The van der Waals surface area contributed by atoms with Gasteiger partial charge < -0.3 is 9.69 Å². The molecule has 0 N–H and O–H groups in total. The quantitative estimate of drug-likeness (QED) is 0.224. The Kier molecular flexibility index (Phi) is 10.1. The molecule has 9 nitrogen and oxygen atoms in total. The lowest BCUT2D eigenvalue weighted by Crippen LogP contribution is -2.60. The monoisotopic (exact) mass is 658 g/mol. The number of likely N-dealkylation sites (tertiary alicyclic amines) is 1. The van der Waals surface area contributed by atoms with Gasteiger partial charge in [0.25, 0.3) is 10.1 Å². The van der Waals surface area contributed by atoms with Gasteiger partial charge in [-0.1, -0.05) is 54.4 Å². The van der Waals surface area contributed by atoms with Crippen molar-refractivity contribution in [2.24, 2.45) is 5.41 Å². The Hall–Kier alpha value is -2.02. The topological polar surface area (TPSA) is 118 Å². The van der Waals surface area contributed by atoms with E-state index >= 15 is 0 Å². The van der Waals surface area contributed by atoms with Gasteiger partial charge in [-0.2, -0.15) is 8.42 Å². The second kappa shape index (κ2) is 12.9. The number of nitrogens with zero attached hydrogens (tertiary/aromatic N) is 2. The van der Waals surface area contributed by atoms with Crippen LogP contribution in [0, 0.1) is 5.41 Å². The summed E-state index contributed by atoms with van der Waals surface area (Å²) in [5.41, 5.74) is 0.0123. The van der Waals surface area contributed by atoms with Crippen LogP contribution >= 0.6 is 23.2 Å². The minimum atomic E-state index is -3.96. The van der Waals surface area contributed by atoms with E-state index in [-0.39, 0.29) is 19.4 Å². The molecule has 42 heavy (non-hydrogen) atoms. The lowest BCUT2D eigenvalue weighted by Gasteiger charge is -2.53. The molecule has 230 valence electrons. The molecule has 0 radical (unpaired) electrons. The van der Waals surface area contributed by atoms with Crippen LogP contribution in [0.2, 0.25) is 10.0 Å². The van der Waals surface area contributed by atoms with Crippen LogP contribution < -0.4 is 0 Å². The van der Waals surface area contributed by atoms with Crippen molar-refractivity contribution in [1.29, 1.82) is 0 Å². The number of piperidine rings is 1. The zero-order valence-electron chi connectivity index (χ0n) is 23.8. The first kappa shape index (κ1) is 32.9. The molecule has 4 rings (SSSR count). The number of carbonyl (C=O) groups excluding carboxylic acids is 2. The van der Waals surface area contributed by atoms with Crippen LogP contribution in [-0.2, 0) is 33.9 Å². The Bertz CT molecular complexity index is 1510. The summed E-state index contributed by atoms with van der Waals surface area (Å²) in [7, 11) is -6.00. The third-order valence-corrected chi connectivity index (χ3v) is 11.6. The van der Waals surface area contributed by atoms with Crippen molar-refractivity contribution < 1.29 is 30.6 Å². The number of benzene rings is 2. The highest BCUT2D eigenvalue weighted by Gasteiger charge is 2.54. The normalized spacial score (nSPS) is 24.1. The molecule has 13 heteroatoms. The van der Waals surface area contributed by atoms with Crippen LogP contribution in [0.3, 0.4) is 0 Å². The maximum Gasteiger partial charge on any atom is 0.264 e. The van der Waals surface area contributed by atoms with Gasteiger partial charge in [0, 0.05) is 42.0 Å². The number of carbonyl (C=O) groups is 2. The maximum atomic E-state index is 14.7. The summed E-state index contributed by atoms with van der Waals surface area (Å²) in [4.78, 5) is 28.4. The molecule has 0 bridgehead atoms. The zero-order chi connectivity index (χ0) is 30.9. The van der Waals surface area contributed by atoms with E-state index in [9.17, 15) is 26.4 Å². The SMILES string of the molecule is CC[C@@H](CN(C)S(=O)(=O)C1CC1)N1C(=O)[C@@](CC=O)(COS(C)(=O)=O)C[C@H](c2cccc(Cl)c2)[C@H]1c1ccc(Cl)cc1. The minimum Gasteiger partial charge on any atom is -0.330 e. The molecule has 1 saturated carbocycles. The molecule has 4 atom stereocenters. The van der Waals surface area contributed by atoms with Crippen LogP contribution in [0.25, 0.3) is 0 Å². The fourth-order valence-corrected chi connectivity index (χ4v) is 8.25. The molecule has 2 aromatic rings. The minimum absolute atomic E-state index is 0.0253. The number of hydrogen-bond acceptors (Lipinski definition) is 7. The Morgan fingerprint density at radius 1 is 1.07 bits per heavy atom. The standard InChI is InChI=1S/C29H36Cl2N2O7S2/c1-4-24(18-32(2)42(38,39)25-12-13-25)33-27(20-8-10-22(30)11-9-20)26(21-6-5-7-23(31)16-21)17-29(14-15-34,28(33)35)19-40-41(3,36)37/h5-11,15-16,24-27H,4,12-14,17-19H2,1-3H3/t24-,26+,27+,29+/m0/s1. The largest absolute Gasteiger partial charge is 0.330 e. The molecule has 0 aromatic heterocycles. The van der Waals surface area contributed by atoms with E-state index in [2.05, 4.69) is 0 Å². The van der Waals surface area contributed by atoms with Gasteiger partial charge in [-0.25, -0.2) is 12.7 Å². The fraction of sp³-hybridized carbons (Fsp3) is 0.517. The Morgan fingerprint density at radius 2 is 1.74 bits per heavy atom. The summed E-state index contributed by atoms with van der Waals surface area (Å²) in [5.74, 6) is -0.925. The van der Waals surface area contributed by atoms with Crippen LogP contribution in [0.1, 0.15) is 62.1 Å². The third kappa shape index (κ3) is 7.19.